The Kier molecular flexibility index (Phi) is 15.5. The average Bonchev–Trinajstić information content (AvgIpc) is 1.52. The fraction of sp³-hybridized carbons (Fsp3) is 0.0165. The van der Waals surface area contributed by atoms with Crippen molar-refractivity contribution in [2.75, 3.05) is 7.05 Å². The van der Waals surface area contributed by atoms with Gasteiger partial charge in [-0.2, -0.15) is 19.9 Å². The standard InChI is InChI=1S/C121H75N15/c1-127-117(74-37-11-3-12-38-74)124-120(126-121(127)136-103-60-34-26-52-83(103)89-64-68-93-90-65-61-86-80-49-23-30-56-99(80)130(77-43-17-6-18-44-77)108(86)109(90)131(112(93)115(89)136)78-45-19-7-20-46-78)135-102-59-33-25-51-82(102)88-63-67-92-91-66-62-87-81-50-24-32-58-101(81)134(113(87)110(91)132(111(92)114(88)135)79-47-21-8-22-48-79)119-123-116(73-35-9-2-10-36-73)122-118(125-119)133-100-57-31-28-54-85(100)95-70-106-97(72-107(95)133)96-71-104-94(69-105(96)129(106)76-41-15-5-16-42-76)84-53-27-29-55-98(84)128(104)75-39-13-4-14-40-75/h2-72,121H,1H3. The molecular formula is C121H75N15. The Morgan fingerprint density at radius 1 is 0.191 bits per heavy atom. The van der Waals surface area contributed by atoms with Crippen molar-refractivity contribution >= 4 is 208 Å². The van der Waals surface area contributed by atoms with Crippen LogP contribution in [0.15, 0.2) is 441 Å². The summed E-state index contributed by atoms with van der Waals surface area (Å²) < 4.78 is 21.9. The molecule has 15 nitrogen and oxygen atoms in total. The van der Waals surface area contributed by atoms with Crippen molar-refractivity contribution in [2.24, 2.45) is 9.98 Å². The molecule has 0 bridgehead atoms. The highest BCUT2D eigenvalue weighted by molar-refractivity contribution is 6.33. The van der Waals surface area contributed by atoms with Crippen LogP contribution in [0.2, 0.25) is 0 Å². The van der Waals surface area contributed by atoms with Gasteiger partial charge in [-0.1, -0.05) is 309 Å². The van der Waals surface area contributed by atoms with Crippen LogP contribution >= 0.6 is 0 Å². The highest BCUT2D eigenvalue weighted by atomic mass is 15.5. The van der Waals surface area contributed by atoms with Crippen molar-refractivity contribution < 1.29 is 0 Å². The summed E-state index contributed by atoms with van der Waals surface area (Å²) in [7, 11) is 2.17. The number of hydrogen-bond acceptors (Lipinski definition) is 6. The Morgan fingerprint density at radius 3 is 0.890 bits per heavy atom. The van der Waals surface area contributed by atoms with Gasteiger partial charge in [-0.25, -0.2) is 4.99 Å². The second kappa shape index (κ2) is 28.3. The van der Waals surface area contributed by atoms with Gasteiger partial charge >= 0.3 is 0 Å². The highest BCUT2D eigenvalue weighted by Gasteiger charge is 2.36. The van der Waals surface area contributed by atoms with E-state index >= 15 is 0 Å². The van der Waals surface area contributed by atoms with Gasteiger partial charge in [0.05, 0.1) is 99.3 Å². The van der Waals surface area contributed by atoms with Gasteiger partial charge in [-0.15, -0.1) is 0 Å². The number of aliphatic imine (C=N–C) groups is 2. The number of benzene rings is 19. The van der Waals surface area contributed by atoms with Crippen LogP contribution in [-0.2, 0) is 0 Å². The lowest BCUT2D eigenvalue weighted by Gasteiger charge is -2.34. The molecule has 30 rings (SSSR count). The van der Waals surface area contributed by atoms with Crippen LogP contribution in [0.4, 0.5) is 0 Å². The van der Waals surface area contributed by atoms with Gasteiger partial charge in [0.15, 0.2) is 5.82 Å². The quantitative estimate of drug-likeness (QED) is 0.136. The molecule has 0 N–H and O–H groups in total. The predicted molar refractivity (Wildman–Crippen MR) is 561 cm³/mol. The molecule has 1 aliphatic rings. The van der Waals surface area contributed by atoms with Crippen LogP contribution in [0.1, 0.15) is 11.9 Å². The monoisotopic (exact) mass is 1740 g/mol. The molecular weight excluding hydrogens is 1660 g/mol. The van der Waals surface area contributed by atoms with Crippen molar-refractivity contribution in [3.63, 3.8) is 0 Å². The van der Waals surface area contributed by atoms with Crippen molar-refractivity contribution in [1.82, 2.24) is 61.0 Å². The first-order chi connectivity index (χ1) is 67.5. The van der Waals surface area contributed by atoms with E-state index < -0.39 is 6.29 Å². The number of rotatable bonds is 10. The number of hydrogen-bond donors (Lipinski definition) is 0. The van der Waals surface area contributed by atoms with Crippen molar-refractivity contribution in [3.05, 3.63) is 436 Å². The van der Waals surface area contributed by atoms with Gasteiger partial charge < -0.3 is 27.7 Å². The fourth-order valence-electron chi connectivity index (χ4n) is 23.2. The summed E-state index contributed by atoms with van der Waals surface area (Å²) in [6.07, 6.45) is -0.734. The zero-order chi connectivity index (χ0) is 88.8. The zero-order valence-electron chi connectivity index (χ0n) is 73.3. The Balaban J connectivity index is 0.692. The smallest absolute Gasteiger partial charge is 0.240 e. The van der Waals surface area contributed by atoms with Gasteiger partial charge in [0, 0.05) is 144 Å². The van der Waals surface area contributed by atoms with E-state index in [4.69, 9.17) is 24.9 Å². The Bertz CT molecular complexity index is 10300. The molecule has 0 aliphatic carbocycles. The molecule has 0 radical (unpaired) electrons. The second-order valence-corrected chi connectivity index (χ2v) is 35.9. The number of fused-ring (bicyclic) bond motifs is 31. The lowest BCUT2D eigenvalue weighted by Crippen LogP contribution is -2.39. The van der Waals surface area contributed by atoms with Gasteiger partial charge in [-0.3, -0.25) is 18.3 Å². The van der Waals surface area contributed by atoms with E-state index in [-0.39, 0.29) is 0 Å². The van der Waals surface area contributed by atoms with E-state index in [0.29, 0.717) is 23.7 Å². The highest BCUT2D eigenvalue weighted by Crippen LogP contribution is 2.52. The maximum atomic E-state index is 6.32. The van der Waals surface area contributed by atoms with E-state index in [1.54, 1.807) is 0 Å². The van der Waals surface area contributed by atoms with Crippen LogP contribution in [-0.4, -0.2) is 79.8 Å². The molecule has 10 aromatic heterocycles. The second-order valence-electron chi connectivity index (χ2n) is 35.9. The molecule has 0 saturated heterocycles. The summed E-state index contributed by atoms with van der Waals surface area (Å²) >= 11 is 0. The summed E-state index contributed by atoms with van der Waals surface area (Å²) in [6.45, 7) is 0. The Labute approximate surface area is 775 Å². The van der Waals surface area contributed by atoms with Gasteiger partial charge in [-0.05, 0) is 121 Å². The number of amidine groups is 1. The van der Waals surface area contributed by atoms with Gasteiger partial charge in [0.25, 0.3) is 0 Å². The summed E-state index contributed by atoms with van der Waals surface area (Å²) in [6, 6.07) is 157. The molecule has 11 heterocycles. The first-order valence-corrected chi connectivity index (χ1v) is 46.3. The normalized spacial score (nSPS) is 13.5. The minimum absolute atomic E-state index is 0.458. The molecule has 29 aromatic rings. The third-order valence-electron chi connectivity index (χ3n) is 28.8. The minimum atomic E-state index is -0.734. The van der Waals surface area contributed by atoms with Crippen LogP contribution in [0, 0.1) is 0 Å². The molecule has 0 amide bonds. The van der Waals surface area contributed by atoms with E-state index in [1.807, 2.05) is 0 Å². The maximum absolute atomic E-state index is 6.32. The van der Waals surface area contributed by atoms with E-state index in [2.05, 4.69) is 484 Å². The molecule has 136 heavy (non-hydrogen) atoms. The molecule has 1 atom stereocenters. The number of nitrogens with zero attached hydrogens (tertiary/aromatic N) is 15. The zero-order valence-corrected chi connectivity index (χ0v) is 73.3. The molecule has 19 aromatic carbocycles. The first-order valence-electron chi connectivity index (χ1n) is 46.3. The summed E-state index contributed by atoms with van der Waals surface area (Å²) in [5, 5.41) is 19.9. The molecule has 0 saturated carbocycles. The molecule has 0 spiro atoms. The largest absolute Gasteiger partial charge is 0.320 e. The lowest BCUT2D eigenvalue weighted by molar-refractivity contribution is 0.296. The summed E-state index contributed by atoms with van der Waals surface area (Å²) in [5.74, 6) is 2.75. The molecule has 634 valence electrons. The van der Waals surface area contributed by atoms with E-state index in [0.717, 1.165) is 220 Å². The Morgan fingerprint density at radius 2 is 0.456 bits per heavy atom. The third kappa shape index (κ3) is 10.3. The van der Waals surface area contributed by atoms with Crippen molar-refractivity contribution in [1.29, 1.82) is 0 Å². The summed E-state index contributed by atoms with van der Waals surface area (Å²) in [4.78, 5) is 32.1. The van der Waals surface area contributed by atoms with Gasteiger partial charge in [0.2, 0.25) is 24.1 Å². The molecule has 15 heteroatoms. The number of aromatic nitrogens is 12. The SMILES string of the molecule is CN1C(c2ccccc2)=NC(n2c3ccccc3c3ccc4c5ccc6c7ccccc7n(-c7nc(-c8ccccc8)nc(-n8c9ccccc9c9cc%10c(cc98)c8cc9c(cc8n%10-c8ccccc8)c8ccccc8n9-c8ccccc8)n7)c6c5n(-c5ccccc5)c4c32)=NC1n1c2ccccc2c2ccc3c4ccc5c6ccccc6n(-c6ccccc6)c5c4n(-c4ccccc4)c3c21. The lowest BCUT2D eigenvalue weighted by atomic mass is 10.1. The molecule has 1 aliphatic heterocycles. The van der Waals surface area contributed by atoms with Crippen LogP contribution in [0.25, 0.3) is 248 Å². The molecule has 1 unspecified atom stereocenters. The van der Waals surface area contributed by atoms with Crippen molar-refractivity contribution in [3.8, 4) is 51.7 Å². The van der Waals surface area contributed by atoms with Crippen LogP contribution < -0.4 is 0 Å². The van der Waals surface area contributed by atoms with E-state index in [9.17, 15) is 0 Å². The Hall–Kier alpha value is -18.5. The minimum Gasteiger partial charge on any atom is -0.320 e. The third-order valence-corrected chi connectivity index (χ3v) is 28.8. The molecule has 0 fully saturated rings. The number of para-hydroxylation sites is 11. The maximum Gasteiger partial charge on any atom is 0.240 e. The average molecular weight is 1740 g/mol. The van der Waals surface area contributed by atoms with E-state index in [1.165, 1.54) is 21.5 Å². The first kappa shape index (κ1) is 74.3. The van der Waals surface area contributed by atoms with Crippen LogP contribution in [0.3, 0.4) is 0 Å². The fourth-order valence-corrected chi connectivity index (χ4v) is 23.2. The predicted octanol–water partition coefficient (Wildman–Crippen LogP) is 29.2. The topological polar surface area (TPSA) is 111 Å². The van der Waals surface area contributed by atoms with Crippen LogP contribution in [0.5, 0.6) is 0 Å². The summed E-state index contributed by atoms with van der Waals surface area (Å²) in [5.41, 5.74) is 25.7. The van der Waals surface area contributed by atoms with Gasteiger partial charge in [0.1, 0.15) is 5.84 Å². The van der Waals surface area contributed by atoms with Crippen molar-refractivity contribution in [2.45, 2.75) is 6.29 Å².